The summed E-state index contributed by atoms with van der Waals surface area (Å²) >= 11 is 0. The molecule has 0 bridgehead atoms. The van der Waals surface area contributed by atoms with Crippen molar-refractivity contribution in [3.05, 3.63) is 24.3 Å². The molecule has 1 saturated carbocycles. The Bertz CT molecular complexity index is 578. The Kier molecular flexibility index (Phi) is 6.37. The summed E-state index contributed by atoms with van der Waals surface area (Å²) in [6.45, 7) is 4.25. The number of hydrogen-bond acceptors (Lipinski definition) is 3. The van der Waals surface area contributed by atoms with Gasteiger partial charge in [0.15, 0.2) is 0 Å². The Hall–Kier alpha value is -1.88. The predicted octanol–water partition coefficient (Wildman–Crippen LogP) is 3.52. The van der Waals surface area contributed by atoms with Crippen LogP contribution in [0.2, 0.25) is 0 Å². The van der Waals surface area contributed by atoms with Crippen LogP contribution in [0.25, 0.3) is 0 Å². The van der Waals surface area contributed by atoms with Gasteiger partial charge in [-0.15, -0.1) is 0 Å². The summed E-state index contributed by atoms with van der Waals surface area (Å²) in [4.78, 5) is 24.2. The molecule has 1 aromatic carbocycles. The van der Waals surface area contributed by atoms with E-state index in [1.54, 1.807) is 6.07 Å². The highest BCUT2D eigenvalue weighted by Gasteiger charge is 2.32. The van der Waals surface area contributed by atoms with Gasteiger partial charge in [0.2, 0.25) is 11.8 Å². The summed E-state index contributed by atoms with van der Waals surface area (Å²) < 4.78 is 0. The Labute approximate surface area is 144 Å². The third-order valence-electron chi connectivity index (χ3n) is 4.82. The number of carbonyl (C=O) groups excluding carboxylic acids is 2. The second kappa shape index (κ2) is 8.29. The van der Waals surface area contributed by atoms with E-state index >= 15 is 0 Å². The van der Waals surface area contributed by atoms with Crippen LogP contribution in [0.3, 0.4) is 0 Å². The lowest BCUT2D eigenvalue weighted by atomic mass is 9.71. The summed E-state index contributed by atoms with van der Waals surface area (Å²) in [5.41, 5.74) is 7.30. The van der Waals surface area contributed by atoms with Crippen molar-refractivity contribution in [1.82, 2.24) is 0 Å². The van der Waals surface area contributed by atoms with E-state index in [2.05, 4.69) is 10.6 Å². The van der Waals surface area contributed by atoms with Crippen LogP contribution in [0.5, 0.6) is 0 Å². The summed E-state index contributed by atoms with van der Waals surface area (Å²) in [6, 6.07) is 7.26. The zero-order valence-corrected chi connectivity index (χ0v) is 14.7. The van der Waals surface area contributed by atoms with Crippen LogP contribution in [0.4, 0.5) is 11.4 Å². The first kappa shape index (κ1) is 18.5. The Morgan fingerprint density at radius 1 is 1.12 bits per heavy atom. The average molecular weight is 331 g/mol. The van der Waals surface area contributed by atoms with Crippen LogP contribution in [0.15, 0.2) is 24.3 Å². The van der Waals surface area contributed by atoms with Gasteiger partial charge in [-0.1, -0.05) is 39.2 Å². The van der Waals surface area contributed by atoms with Crippen molar-refractivity contribution in [3.63, 3.8) is 0 Å². The summed E-state index contributed by atoms with van der Waals surface area (Å²) in [5, 5.41) is 5.79. The van der Waals surface area contributed by atoms with Gasteiger partial charge in [-0.3, -0.25) is 9.59 Å². The van der Waals surface area contributed by atoms with Gasteiger partial charge in [-0.25, -0.2) is 0 Å². The molecule has 2 amide bonds. The van der Waals surface area contributed by atoms with Crippen molar-refractivity contribution in [2.75, 3.05) is 17.2 Å². The normalized spacial score (nSPS) is 16.7. The maximum absolute atomic E-state index is 12.4. The maximum Gasteiger partial charge on any atom is 0.226 e. The van der Waals surface area contributed by atoms with Crippen molar-refractivity contribution in [1.29, 1.82) is 0 Å². The molecule has 0 unspecified atom stereocenters. The Balaban J connectivity index is 1.97. The molecule has 24 heavy (non-hydrogen) atoms. The van der Waals surface area contributed by atoms with E-state index in [0.29, 0.717) is 24.3 Å². The molecule has 132 valence electrons. The second-order valence-electron chi connectivity index (χ2n) is 7.21. The number of anilines is 2. The monoisotopic (exact) mass is 331 g/mol. The number of nitrogens with one attached hydrogen (secondary N) is 2. The van der Waals surface area contributed by atoms with Gasteiger partial charge in [0.05, 0.1) is 0 Å². The lowest BCUT2D eigenvalue weighted by Crippen LogP contribution is -2.36. The minimum Gasteiger partial charge on any atom is -0.330 e. The molecule has 4 N–H and O–H groups in total. The zero-order valence-electron chi connectivity index (χ0n) is 14.7. The molecule has 0 radical (unpaired) electrons. The van der Waals surface area contributed by atoms with Gasteiger partial charge >= 0.3 is 0 Å². The van der Waals surface area contributed by atoms with Gasteiger partial charge in [-0.2, -0.15) is 0 Å². The minimum atomic E-state index is -0.0843. The maximum atomic E-state index is 12.4. The fourth-order valence-electron chi connectivity index (χ4n) is 3.26. The van der Waals surface area contributed by atoms with Crippen LogP contribution in [0.1, 0.15) is 52.4 Å². The van der Waals surface area contributed by atoms with Crippen LogP contribution in [-0.2, 0) is 9.59 Å². The minimum absolute atomic E-state index is 0.00492. The fourth-order valence-corrected chi connectivity index (χ4v) is 3.26. The van der Waals surface area contributed by atoms with Crippen LogP contribution in [-0.4, -0.2) is 18.4 Å². The highest BCUT2D eigenvalue weighted by molar-refractivity contribution is 5.94. The molecule has 5 heteroatoms. The van der Waals surface area contributed by atoms with Gasteiger partial charge in [-0.05, 0) is 43.0 Å². The third-order valence-corrected chi connectivity index (χ3v) is 4.82. The van der Waals surface area contributed by atoms with E-state index < -0.39 is 0 Å². The van der Waals surface area contributed by atoms with Crippen molar-refractivity contribution in [3.8, 4) is 0 Å². The first-order chi connectivity index (χ1) is 11.4. The molecule has 2 rings (SSSR count). The van der Waals surface area contributed by atoms with Gasteiger partial charge in [0.25, 0.3) is 0 Å². The molecule has 0 aromatic heterocycles. The summed E-state index contributed by atoms with van der Waals surface area (Å²) in [5.74, 6) is -0.128. The molecule has 0 spiro atoms. The first-order valence-electron chi connectivity index (χ1n) is 8.85. The molecular weight excluding hydrogens is 302 g/mol. The molecule has 0 atom stereocenters. The van der Waals surface area contributed by atoms with E-state index in [1.165, 1.54) is 6.42 Å². The molecule has 1 fully saturated rings. The number of rotatable bonds is 6. The molecule has 0 saturated heterocycles. The van der Waals surface area contributed by atoms with E-state index in [0.717, 1.165) is 25.7 Å². The summed E-state index contributed by atoms with van der Waals surface area (Å²) in [6.07, 6.45) is 6.07. The largest absolute Gasteiger partial charge is 0.330 e. The second-order valence-corrected chi connectivity index (χ2v) is 7.21. The van der Waals surface area contributed by atoms with Gasteiger partial charge in [0.1, 0.15) is 0 Å². The lowest BCUT2D eigenvalue weighted by Gasteiger charge is -2.35. The number of benzene rings is 1. The number of nitrogens with two attached hydrogens (primary N) is 1. The van der Waals surface area contributed by atoms with E-state index in [1.807, 2.05) is 32.0 Å². The highest BCUT2D eigenvalue weighted by Crippen LogP contribution is 2.38. The Morgan fingerprint density at radius 2 is 1.75 bits per heavy atom. The number of amides is 2. The molecule has 1 aliphatic carbocycles. The Morgan fingerprint density at radius 3 is 2.33 bits per heavy atom. The molecular formula is C19H29N3O2. The van der Waals surface area contributed by atoms with E-state index in [-0.39, 0.29) is 23.1 Å². The van der Waals surface area contributed by atoms with Crippen molar-refractivity contribution < 1.29 is 9.59 Å². The standard InChI is InChI=1S/C19H29N3O2/c1-14(2)18(24)22-16-8-6-7-15(11-16)21-17(23)12-19(13-20)9-4-3-5-10-19/h6-8,11,14H,3-5,9-10,12-13,20H2,1-2H3,(H,21,23)(H,22,24). The molecule has 5 nitrogen and oxygen atoms in total. The quantitative estimate of drug-likeness (QED) is 0.745. The van der Waals surface area contributed by atoms with E-state index in [4.69, 9.17) is 5.73 Å². The van der Waals surface area contributed by atoms with Gasteiger partial charge < -0.3 is 16.4 Å². The van der Waals surface area contributed by atoms with Crippen LogP contribution >= 0.6 is 0 Å². The zero-order chi connectivity index (χ0) is 17.6. The van der Waals surface area contributed by atoms with Crippen molar-refractivity contribution in [2.45, 2.75) is 52.4 Å². The van der Waals surface area contributed by atoms with Gasteiger partial charge in [0, 0.05) is 23.7 Å². The topological polar surface area (TPSA) is 84.2 Å². The van der Waals surface area contributed by atoms with Crippen LogP contribution < -0.4 is 16.4 Å². The molecule has 0 heterocycles. The van der Waals surface area contributed by atoms with Crippen LogP contribution in [0, 0.1) is 11.3 Å². The summed E-state index contributed by atoms with van der Waals surface area (Å²) in [7, 11) is 0. The first-order valence-corrected chi connectivity index (χ1v) is 8.85. The van der Waals surface area contributed by atoms with Crippen molar-refractivity contribution in [2.24, 2.45) is 17.1 Å². The smallest absolute Gasteiger partial charge is 0.226 e. The fraction of sp³-hybridized carbons (Fsp3) is 0.579. The third kappa shape index (κ3) is 5.06. The molecule has 1 aromatic rings. The SMILES string of the molecule is CC(C)C(=O)Nc1cccc(NC(=O)CC2(CN)CCCCC2)c1. The average Bonchev–Trinajstić information content (AvgIpc) is 2.55. The number of carbonyl (C=O) groups is 2. The highest BCUT2D eigenvalue weighted by atomic mass is 16.2. The van der Waals surface area contributed by atoms with Crippen molar-refractivity contribution >= 4 is 23.2 Å². The molecule has 1 aliphatic rings. The molecule has 0 aliphatic heterocycles. The predicted molar refractivity (Wildman–Crippen MR) is 97.7 cm³/mol. The number of hydrogen-bond donors (Lipinski definition) is 3. The lowest BCUT2D eigenvalue weighted by molar-refractivity contribution is -0.119. The van der Waals surface area contributed by atoms with E-state index in [9.17, 15) is 9.59 Å².